The van der Waals surface area contributed by atoms with Crippen molar-refractivity contribution in [3.05, 3.63) is 29.2 Å². The highest BCUT2D eigenvalue weighted by molar-refractivity contribution is 5.81. The molecule has 4 rings (SSSR count). The van der Waals surface area contributed by atoms with Crippen molar-refractivity contribution < 1.29 is 4.74 Å². The first kappa shape index (κ1) is 22.6. The monoisotopic (exact) mass is 437 g/mol. The van der Waals surface area contributed by atoms with E-state index in [1.165, 1.54) is 0 Å². The van der Waals surface area contributed by atoms with E-state index < -0.39 is 0 Å². The van der Waals surface area contributed by atoms with Crippen LogP contribution in [-0.2, 0) is 11.2 Å². The van der Waals surface area contributed by atoms with Crippen LogP contribution in [0.5, 0.6) is 0 Å². The van der Waals surface area contributed by atoms with Crippen molar-refractivity contribution in [1.29, 1.82) is 0 Å². The minimum absolute atomic E-state index is 0.203. The van der Waals surface area contributed by atoms with Crippen LogP contribution in [0.3, 0.4) is 0 Å². The smallest absolute Gasteiger partial charge is 0.177 e. The van der Waals surface area contributed by atoms with E-state index in [-0.39, 0.29) is 6.04 Å². The van der Waals surface area contributed by atoms with Gasteiger partial charge in [0, 0.05) is 37.9 Å². The number of nitrogens with one attached hydrogen (secondary N) is 1. The SMILES string of the molecule is CCc1nc2c(nc1-c1ccc(C(C)C)nc1NC)c(C)nn2C(C)CN1CCOCC1. The largest absolute Gasteiger partial charge is 0.379 e. The number of aromatic nitrogens is 5. The maximum absolute atomic E-state index is 5.49. The average Bonchev–Trinajstić information content (AvgIpc) is 3.14. The summed E-state index contributed by atoms with van der Waals surface area (Å²) in [6, 6.07) is 4.41. The average molecular weight is 438 g/mol. The Labute approximate surface area is 190 Å². The molecule has 1 fully saturated rings. The second-order valence-electron chi connectivity index (χ2n) is 8.87. The molecule has 0 bridgehead atoms. The molecule has 1 N–H and O–H groups in total. The Morgan fingerprint density at radius 2 is 1.84 bits per heavy atom. The molecule has 0 aliphatic carbocycles. The van der Waals surface area contributed by atoms with Crippen molar-refractivity contribution in [1.82, 2.24) is 29.6 Å². The van der Waals surface area contributed by atoms with E-state index in [0.717, 1.165) is 84.6 Å². The van der Waals surface area contributed by atoms with Gasteiger partial charge in [-0.15, -0.1) is 0 Å². The fourth-order valence-electron chi connectivity index (χ4n) is 4.30. The van der Waals surface area contributed by atoms with Crippen LogP contribution in [0.25, 0.3) is 22.4 Å². The molecule has 0 amide bonds. The Balaban J connectivity index is 1.76. The van der Waals surface area contributed by atoms with Gasteiger partial charge in [-0.3, -0.25) is 4.90 Å². The number of aryl methyl sites for hydroxylation is 2. The van der Waals surface area contributed by atoms with E-state index in [9.17, 15) is 0 Å². The summed E-state index contributed by atoms with van der Waals surface area (Å²) >= 11 is 0. The van der Waals surface area contributed by atoms with Crippen LogP contribution < -0.4 is 5.32 Å². The van der Waals surface area contributed by atoms with Gasteiger partial charge < -0.3 is 10.1 Å². The molecular weight excluding hydrogens is 402 g/mol. The van der Waals surface area contributed by atoms with Crippen LogP contribution in [0.2, 0.25) is 0 Å². The van der Waals surface area contributed by atoms with Gasteiger partial charge in [0.25, 0.3) is 0 Å². The van der Waals surface area contributed by atoms with Gasteiger partial charge in [0.2, 0.25) is 0 Å². The number of ether oxygens (including phenoxy) is 1. The quantitative estimate of drug-likeness (QED) is 0.602. The summed E-state index contributed by atoms with van der Waals surface area (Å²) in [5.74, 6) is 1.20. The van der Waals surface area contributed by atoms with Crippen molar-refractivity contribution in [2.24, 2.45) is 0 Å². The molecule has 172 valence electrons. The number of fused-ring (bicyclic) bond motifs is 1. The second kappa shape index (κ2) is 9.50. The molecular formula is C24H35N7O. The third kappa shape index (κ3) is 4.34. The molecule has 4 heterocycles. The van der Waals surface area contributed by atoms with Gasteiger partial charge in [0.15, 0.2) is 5.65 Å². The molecule has 32 heavy (non-hydrogen) atoms. The molecule has 8 heteroatoms. The molecule has 0 saturated carbocycles. The lowest BCUT2D eigenvalue weighted by Crippen LogP contribution is -2.39. The van der Waals surface area contributed by atoms with Crippen LogP contribution >= 0.6 is 0 Å². The maximum atomic E-state index is 5.49. The lowest BCUT2D eigenvalue weighted by molar-refractivity contribution is 0.0321. The first-order valence-electron chi connectivity index (χ1n) is 11.7. The van der Waals surface area contributed by atoms with Gasteiger partial charge >= 0.3 is 0 Å². The lowest BCUT2D eigenvalue weighted by atomic mass is 10.0. The topological polar surface area (TPSA) is 81.0 Å². The molecule has 0 spiro atoms. The molecule has 1 aliphatic heterocycles. The fourth-order valence-corrected chi connectivity index (χ4v) is 4.30. The minimum atomic E-state index is 0.203. The van der Waals surface area contributed by atoms with Crippen LogP contribution in [0, 0.1) is 6.92 Å². The predicted octanol–water partition coefficient (Wildman–Crippen LogP) is 3.82. The van der Waals surface area contributed by atoms with Crippen molar-refractivity contribution in [3.63, 3.8) is 0 Å². The number of hydrogen-bond donors (Lipinski definition) is 1. The molecule has 8 nitrogen and oxygen atoms in total. The van der Waals surface area contributed by atoms with E-state index in [1.807, 2.05) is 14.0 Å². The van der Waals surface area contributed by atoms with E-state index in [1.54, 1.807) is 0 Å². The van der Waals surface area contributed by atoms with Gasteiger partial charge in [-0.25, -0.2) is 19.6 Å². The zero-order chi connectivity index (χ0) is 22.8. The molecule has 0 radical (unpaired) electrons. The molecule has 1 atom stereocenters. The molecule has 1 saturated heterocycles. The molecule has 1 unspecified atom stereocenters. The Bertz CT molecular complexity index is 1090. The Hall–Kier alpha value is -2.58. The standard InChI is InChI=1S/C24H35N7O/c1-7-19-22(18-8-9-20(15(2)3)26-23(18)25-6)28-21-17(5)29-31(24(21)27-19)16(4)14-30-10-12-32-13-11-30/h8-9,15-16H,7,10-14H2,1-6H3,(H,25,26). The van der Waals surface area contributed by atoms with E-state index in [2.05, 4.69) is 54.7 Å². The highest BCUT2D eigenvalue weighted by Gasteiger charge is 2.22. The van der Waals surface area contributed by atoms with Crippen molar-refractivity contribution in [3.8, 4) is 11.3 Å². The van der Waals surface area contributed by atoms with Gasteiger partial charge in [-0.05, 0) is 38.3 Å². The summed E-state index contributed by atoms with van der Waals surface area (Å²) in [5, 5.41) is 8.10. The zero-order valence-electron chi connectivity index (χ0n) is 20.1. The van der Waals surface area contributed by atoms with Crippen molar-refractivity contribution >= 4 is 17.0 Å². The Morgan fingerprint density at radius 3 is 2.50 bits per heavy atom. The molecule has 1 aliphatic rings. The van der Waals surface area contributed by atoms with E-state index in [4.69, 9.17) is 24.8 Å². The number of pyridine rings is 1. The summed E-state index contributed by atoms with van der Waals surface area (Å²) in [6.45, 7) is 15.1. The van der Waals surface area contributed by atoms with Crippen LogP contribution in [0.4, 0.5) is 5.82 Å². The Morgan fingerprint density at radius 1 is 1.09 bits per heavy atom. The highest BCUT2D eigenvalue weighted by atomic mass is 16.5. The number of nitrogens with zero attached hydrogens (tertiary/aromatic N) is 6. The zero-order valence-corrected chi connectivity index (χ0v) is 20.1. The third-order valence-corrected chi connectivity index (χ3v) is 6.15. The number of morpholine rings is 1. The first-order chi connectivity index (χ1) is 15.4. The minimum Gasteiger partial charge on any atom is -0.379 e. The molecule has 0 aromatic carbocycles. The van der Waals surface area contributed by atoms with Crippen LogP contribution in [0.1, 0.15) is 56.7 Å². The van der Waals surface area contributed by atoms with Gasteiger partial charge in [-0.2, -0.15) is 5.10 Å². The van der Waals surface area contributed by atoms with Crippen LogP contribution in [-0.4, -0.2) is 69.5 Å². The summed E-state index contributed by atoms with van der Waals surface area (Å²) in [7, 11) is 1.91. The summed E-state index contributed by atoms with van der Waals surface area (Å²) in [6.07, 6.45) is 0.787. The highest BCUT2D eigenvalue weighted by Crippen LogP contribution is 2.31. The van der Waals surface area contributed by atoms with E-state index in [0.29, 0.717) is 5.92 Å². The number of rotatable bonds is 7. The summed E-state index contributed by atoms with van der Waals surface area (Å²) in [4.78, 5) is 17.4. The van der Waals surface area contributed by atoms with E-state index >= 15 is 0 Å². The Kier molecular flexibility index (Phi) is 6.71. The van der Waals surface area contributed by atoms with Crippen molar-refractivity contribution in [2.45, 2.75) is 53.0 Å². The first-order valence-corrected chi connectivity index (χ1v) is 11.7. The predicted molar refractivity (Wildman–Crippen MR) is 128 cm³/mol. The van der Waals surface area contributed by atoms with Gasteiger partial charge in [0.05, 0.1) is 36.3 Å². The maximum Gasteiger partial charge on any atom is 0.177 e. The summed E-state index contributed by atoms with van der Waals surface area (Å²) < 4.78 is 7.54. The number of hydrogen-bond acceptors (Lipinski definition) is 7. The normalized spacial score (nSPS) is 16.1. The van der Waals surface area contributed by atoms with Crippen LogP contribution in [0.15, 0.2) is 12.1 Å². The fraction of sp³-hybridized carbons (Fsp3) is 0.583. The van der Waals surface area contributed by atoms with Crippen molar-refractivity contribution in [2.75, 3.05) is 45.2 Å². The molecule has 3 aromatic heterocycles. The lowest BCUT2D eigenvalue weighted by Gasteiger charge is -2.29. The second-order valence-corrected chi connectivity index (χ2v) is 8.87. The van der Waals surface area contributed by atoms with Gasteiger partial charge in [-0.1, -0.05) is 20.8 Å². The summed E-state index contributed by atoms with van der Waals surface area (Å²) in [5.41, 5.74) is 6.52. The third-order valence-electron chi connectivity index (χ3n) is 6.15. The van der Waals surface area contributed by atoms with Gasteiger partial charge in [0.1, 0.15) is 11.3 Å². The molecule has 3 aromatic rings. The number of anilines is 1.